The molecule has 7 nitrogen and oxygen atoms in total. The van der Waals surface area contributed by atoms with E-state index in [1.165, 1.54) is 18.3 Å². The van der Waals surface area contributed by atoms with Crippen LogP contribution in [0, 0.1) is 5.82 Å². The van der Waals surface area contributed by atoms with Crippen molar-refractivity contribution in [3.8, 4) is 22.6 Å². The first-order valence-electron chi connectivity index (χ1n) is 10.5. The van der Waals surface area contributed by atoms with Crippen LogP contribution in [0.15, 0.2) is 78.3 Å². The van der Waals surface area contributed by atoms with Crippen molar-refractivity contribution in [2.45, 2.75) is 24.5 Å². The van der Waals surface area contributed by atoms with Gasteiger partial charge in [0, 0.05) is 11.8 Å². The van der Waals surface area contributed by atoms with E-state index in [1.54, 1.807) is 36.0 Å². The normalized spacial score (nSPS) is 12.6. The molecule has 2 aromatic carbocycles. The van der Waals surface area contributed by atoms with Crippen molar-refractivity contribution in [2.24, 2.45) is 0 Å². The summed E-state index contributed by atoms with van der Waals surface area (Å²) < 4.78 is 40.5. The van der Waals surface area contributed by atoms with Gasteiger partial charge in [0.1, 0.15) is 5.82 Å². The molecular formula is C24H23FN4O3S. The molecule has 170 valence electrons. The van der Waals surface area contributed by atoms with Crippen LogP contribution in [0.3, 0.4) is 0 Å². The Kier molecular flexibility index (Phi) is 6.62. The van der Waals surface area contributed by atoms with Gasteiger partial charge in [0.25, 0.3) is 0 Å². The maximum atomic E-state index is 13.5. The summed E-state index contributed by atoms with van der Waals surface area (Å²) in [7, 11) is -3.65. The number of aliphatic hydroxyl groups excluding tert-OH is 1. The van der Waals surface area contributed by atoms with Crippen molar-refractivity contribution in [3.63, 3.8) is 0 Å². The van der Waals surface area contributed by atoms with E-state index >= 15 is 0 Å². The Balaban J connectivity index is 1.94. The first-order valence-corrected chi connectivity index (χ1v) is 12.1. The van der Waals surface area contributed by atoms with Crippen molar-refractivity contribution in [3.05, 3.63) is 84.6 Å². The fraction of sp³-hybridized carbons (Fsp3) is 0.208. The number of rotatable bonds is 8. The maximum absolute atomic E-state index is 13.5. The predicted molar refractivity (Wildman–Crippen MR) is 123 cm³/mol. The fourth-order valence-corrected chi connectivity index (χ4v) is 4.86. The molecule has 1 N–H and O–H groups in total. The number of aliphatic hydroxyl groups is 1. The van der Waals surface area contributed by atoms with Crippen molar-refractivity contribution in [1.29, 1.82) is 0 Å². The average molecular weight is 467 g/mol. The van der Waals surface area contributed by atoms with Crippen molar-refractivity contribution in [2.75, 3.05) is 12.4 Å². The molecule has 2 heterocycles. The van der Waals surface area contributed by atoms with Gasteiger partial charge in [-0.05, 0) is 42.3 Å². The van der Waals surface area contributed by atoms with Gasteiger partial charge >= 0.3 is 0 Å². The summed E-state index contributed by atoms with van der Waals surface area (Å²) in [6.45, 7) is 1.55. The molecular weight excluding hydrogens is 443 g/mol. The molecule has 0 saturated heterocycles. The van der Waals surface area contributed by atoms with Gasteiger partial charge in [0.15, 0.2) is 0 Å². The van der Waals surface area contributed by atoms with Gasteiger partial charge in [-0.25, -0.2) is 27.8 Å². The fourth-order valence-electron chi connectivity index (χ4n) is 3.68. The number of hydrogen-bond donors (Lipinski definition) is 1. The molecule has 4 aromatic rings. The zero-order chi connectivity index (χ0) is 23.4. The second-order valence-electron chi connectivity index (χ2n) is 7.51. The van der Waals surface area contributed by atoms with Gasteiger partial charge < -0.3 is 9.67 Å². The number of benzene rings is 2. The van der Waals surface area contributed by atoms with Crippen LogP contribution in [-0.2, 0) is 9.84 Å². The lowest BCUT2D eigenvalue weighted by Gasteiger charge is -2.20. The molecule has 0 saturated carbocycles. The van der Waals surface area contributed by atoms with Crippen LogP contribution >= 0.6 is 0 Å². The highest BCUT2D eigenvalue weighted by atomic mass is 32.2. The number of aromatic nitrogens is 4. The van der Waals surface area contributed by atoms with Crippen LogP contribution in [0.2, 0.25) is 0 Å². The van der Waals surface area contributed by atoms with Gasteiger partial charge in [-0.2, -0.15) is 0 Å². The van der Waals surface area contributed by atoms with Crippen molar-refractivity contribution >= 4 is 9.84 Å². The van der Waals surface area contributed by atoms with E-state index in [1.807, 2.05) is 30.3 Å². The highest BCUT2D eigenvalue weighted by Gasteiger charge is 2.25. The Morgan fingerprint density at radius 3 is 2.42 bits per heavy atom. The Labute approximate surface area is 191 Å². The standard InChI is InChI=1S/C24H23FN4O3S/c1-2-14-33(31,32)24-26-13-12-20(28-24)23-22(18-8-10-19(25)11-9-18)27-16-29(23)21(15-30)17-6-4-3-5-7-17/h3-13,16,21,30H,2,14-15H2,1H3. The molecule has 0 aliphatic heterocycles. The van der Waals surface area contributed by atoms with Crippen molar-refractivity contribution < 1.29 is 17.9 Å². The monoisotopic (exact) mass is 466 g/mol. The molecule has 0 bridgehead atoms. The first-order chi connectivity index (χ1) is 15.9. The van der Waals surface area contributed by atoms with E-state index in [2.05, 4.69) is 15.0 Å². The number of imidazole rings is 1. The van der Waals surface area contributed by atoms with Gasteiger partial charge in [-0.15, -0.1) is 0 Å². The van der Waals surface area contributed by atoms with Crippen LogP contribution in [0.4, 0.5) is 4.39 Å². The summed E-state index contributed by atoms with van der Waals surface area (Å²) >= 11 is 0. The first kappa shape index (κ1) is 22.8. The maximum Gasteiger partial charge on any atom is 0.247 e. The molecule has 9 heteroatoms. The lowest BCUT2D eigenvalue weighted by atomic mass is 10.0. The quantitative estimate of drug-likeness (QED) is 0.396. The topological polar surface area (TPSA) is 98.0 Å². The predicted octanol–water partition coefficient (Wildman–Crippen LogP) is 3.91. The Bertz CT molecular complexity index is 1340. The minimum absolute atomic E-state index is 0.0657. The highest BCUT2D eigenvalue weighted by molar-refractivity contribution is 7.91. The van der Waals surface area contributed by atoms with Gasteiger partial charge in [0.05, 0.1) is 41.8 Å². The molecule has 1 unspecified atom stereocenters. The number of halogens is 1. The van der Waals surface area contributed by atoms with Crippen LogP contribution < -0.4 is 0 Å². The van der Waals surface area contributed by atoms with Crippen LogP contribution in [0.5, 0.6) is 0 Å². The van der Waals surface area contributed by atoms with E-state index in [4.69, 9.17) is 0 Å². The molecule has 2 aromatic heterocycles. The smallest absolute Gasteiger partial charge is 0.247 e. The zero-order valence-corrected chi connectivity index (χ0v) is 18.8. The Morgan fingerprint density at radius 2 is 1.76 bits per heavy atom. The average Bonchev–Trinajstić information content (AvgIpc) is 3.25. The molecule has 0 radical (unpaired) electrons. The van der Waals surface area contributed by atoms with E-state index in [9.17, 15) is 17.9 Å². The summed E-state index contributed by atoms with van der Waals surface area (Å²) in [5.41, 5.74) is 2.80. The van der Waals surface area contributed by atoms with Gasteiger partial charge in [0.2, 0.25) is 15.0 Å². The molecule has 1 atom stereocenters. The van der Waals surface area contributed by atoms with Gasteiger partial charge in [-0.1, -0.05) is 37.3 Å². The van der Waals surface area contributed by atoms with Crippen LogP contribution in [0.25, 0.3) is 22.6 Å². The molecule has 4 rings (SSSR count). The molecule has 0 aliphatic rings. The summed E-state index contributed by atoms with van der Waals surface area (Å²) in [4.78, 5) is 12.9. The Morgan fingerprint density at radius 1 is 1.03 bits per heavy atom. The van der Waals surface area contributed by atoms with E-state index in [0.29, 0.717) is 29.1 Å². The second kappa shape index (κ2) is 9.60. The number of nitrogens with zero attached hydrogens (tertiary/aromatic N) is 4. The largest absolute Gasteiger partial charge is 0.394 e. The van der Waals surface area contributed by atoms with E-state index in [-0.39, 0.29) is 23.3 Å². The Hall–Kier alpha value is -3.43. The molecule has 0 amide bonds. The van der Waals surface area contributed by atoms with Crippen LogP contribution in [-0.4, -0.2) is 45.4 Å². The minimum Gasteiger partial charge on any atom is -0.394 e. The molecule has 0 aliphatic carbocycles. The third kappa shape index (κ3) is 4.69. The second-order valence-corrected chi connectivity index (χ2v) is 9.51. The summed E-state index contributed by atoms with van der Waals surface area (Å²) in [5, 5.41) is 9.98. The van der Waals surface area contributed by atoms with E-state index in [0.717, 1.165) is 5.56 Å². The summed E-state index contributed by atoms with van der Waals surface area (Å²) in [6, 6.07) is 16.4. The van der Waals surface area contributed by atoms with Gasteiger partial charge in [-0.3, -0.25) is 0 Å². The SMILES string of the molecule is CCCS(=O)(=O)c1nccc(-c2c(-c3ccc(F)cc3)ncn2C(CO)c2ccccc2)n1. The van der Waals surface area contributed by atoms with Crippen molar-refractivity contribution in [1.82, 2.24) is 19.5 Å². The lowest BCUT2D eigenvalue weighted by Crippen LogP contribution is -2.16. The molecule has 0 fully saturated rings. The zero-order valence-electron chi connectivity index (χ0n) is 18.0. The highest BCUT2D eigenvalue weighted by Crippen LogP contribution is 2.34. The molecule has 33 heavy (non-hydrogen) atoms. The van der Waals surface area contributed by atoms with Crippen LogP contribution in [0.1, 0.15) is 24.9 Å². The molecule has 0 spiro atoms. The third-order valence-electron chi connectivity index (χ3n) is 5.23. The summed E-state index contributed by atoms with van der Waals surface area (Å²) in [5.74, 6) is -0.448. The van der Waals surface area contributed by atoms with E-state index < -0.39 is 15.9 Å². The number of hydrogen-bond acceptors (Lipinski definition) is 6. The minimum atomic E-state index is -3.65. The third-order valence-corrected chi connectivity index (χ3v) is 6.93. The lowest BCUT2D eigenvalue weighted by molar-refractivity contribution is 0.250. The summed E-state index contributed by atoms with van der Waals surface area (Å²) in [6.07, 6.45) is 3.41. The number of sulfone groups is 1.